The number of phenolic OH excluding ortho intramolecular Hbond substituents is 1. The Hall–Kier alpha value is -2.64. The Balaban J connectivity index is 2.13. The zero-order valence-corrected chi connectivity index (χ0v) is 12.9. The van der Waals surface area contributed by atoms with Gasteiger partial charge in [-0.3, -0.25) is 14.9 Å². The van der Waals surface area contributed by atoms with Gasteiger partial charge in [0, 0.05) is 22.7 Å². The Kier molecular flexibility index (Phi) is 5.15. The van der Waals surface area contributed by atoms with Crippen LogP contribution in [0, 0.1) is 10.1 Å². The fraction of sp³-hybridized carbons (Fsp3) is 0. The summed E-state index contributed by atoms with van der Waals surface area (Å²) in [5.41, 5.74) is 2.36. The predicted octanol–water partition coefficient (Wildman–Crippen LogP) is 3.37. The second-order valence-corrected chi connectivity index (χ2v) is 5.18. The maximum Gasteiger partial charge on any atom is 0.275 e. The number of halogens is 2. The molecule has 0 saturated carbocycles. The summed E-state index contributed by atoms with van der Waals surface area (Å²) in [6, 6.07) is 8.23. The van der Waals surface area contributed by atoms with Crippen LogP contribution in [0.3, 0.4) is 0 Å². The molecule has 2 aromatic carbocycles. The van der Waals surface area contributed by atoms with Crippen LogP contribution in [0.1, 0.15) is 15.9 Å². The molecule has 0 saturated heterocycles. The van der Waals surface area contributed by atoms with Crippen molar-refractivity contribution in [3.8, 4) is 5.75 Å². The molecule has 0 unspecified atom stereocenters. The summed E-state index contributed by atoms with van der Waals surface area (Å²) in [6.07, 6.45) is 1.23. The lowest BCUT2D eigenvalue weighted by Crippen LogP contribution is -2.17. The molecule has 0 fully saturated rings. The van der Waals surface area contributed by atoms with Crippen molar-refractivity contribution in [3.63, 3.8) is 0 Å². The van der Waals surface area contributed by atoms with Crippen molar-refractivity contribution in [1.29, 1.82) is 0 Å². The molecule has 0 aliphatic heterocycles. The van der Waals surface area contributed by atoms with Crippen molar-refractivity contribution in [2.75, 3.05) is 0 Å². The van der Waals surface area contributed by atoms with Gasteiger partial charge in [-0.25, -0.2) is 5.43 Å². The Morgan fingerprint density at radius 3 is 2.74 bits per heavy atom. The standard InChI is InChI=1S/C14H9Cl2N3O4/c15-9-5-11(13(20)12(16)6-9)14(21)18-17-7-8-2-1-3-10(4-8)19(22)23/h1-7,20H,(H,18,21)/b17-7+. The van der Waals surface area contributed by atoms with Gasteiger partial charge in [-0.15, -0.1) is 0 Å². The largest absolute Gasteiger partial charge is 0.506 e. The molecule has 0 aliphatic rings. The molecule has 0 aromatic heterocycles. The van der Waals surface area contributed by atoms with Crippen molar-refractivity contribution in [2.45, 2.75) is 0 Å². The first-order valence-electron chi connectivity index (χ1n) is 6.14. The van der Waals surface area contributed by atoms with Crippen molar-refractivity contribution in [1.82, 2.24) is 5.43 Å². The van der Waals surface area contributed by atoms with E-state index in [9.17, 15) is 20.0 Å². The highest BCUT2D eigenvalue weighted by molar-refractivity contribution is 6.36. The summed E-state index contributed by atoms with van der Waals surface area (Å²) in [5.74, 6) is -1.15. The predicted molar refractivity (Wildman–Crippen MR) is 86.3 cm³/mol. The van der Waals surface area contributed by atoms with E-state index in [2.05, 4.69) is 10.5 Å². The fourth-order valence-corrected chi connectivity index (χ4v) is 2.18. The highest BCUT2D eigenvalue weighted by Gasteiger charge is 2.14. The molecule has 0 aliphatic carbocycles. The number of benzene rings is 2. The highest BCUT2D eigenvalue weighted by atomic mass is 35.5. The van der Waals surface area contributed by atoms with E-state index >= 15 is 0 Å². The summed E-state index contributed by atoms with van der Waals surface area (Å²) in [6.45, 7) is 0. The summed E-state index contributed by atoms with van der Waals surface area (Å²) in [7, 11) is 0. The molecule has 2 N–H and O–H groups in total. The molecule has 118 valence electrons. The first-order valence-corrected chi connectivity index (χ1v) is 6.90. The molecule has 23 heavy (non-hydrogen) atoms. The van der Waals surface area contributed by atoms with Crippen LogP contribution < -0.4 is 5.43 Å². The molecule has 0 atom stereocenters. The Morgan fingerprint density at radius 1 is 1.30 bits per heavy atom. The molecule has 0 heterocycles. The monoisotopic (exact) mass is 353 g/mol. The molecule has 0 radical (unpaired) electrons. The van der Waals surface area contributed by atoms with Crippen LogP contribution in [-0.2, 0) is 0 Å². The molecule has 2 aromatic rings. The van der Waals surface area contributed by atoms with Gasteiger partial charge in [0.15, 0.2) is 0 Å². The zero-order valence-electron chi connectivity index (χ0n) is 11.4. The van der Waals surface area contributed by atoms with Gasteiger partial charge in [-0.2, -0.15) is 5.10 Å². The number of phenols is 1. The lowest BCUT2D eigenvalue weighted by Gasteiger charge is -2.05. The molecule has 7 nitrogen and oxygen atoms in total. The second kappa shape index (κ2) is 7.08. The van der Waals surface area contributed by atoms with E-state index in [0.29, 0.717) is 5.56 Å². The van der Waals surface area contributed by atoms with E-state index < -0.39 is 16.6 Å². The zero-order chi connectivity index (χ0) is 17.0. The number of nitro benzene ring substituents is 1. The third kappa shape index (κ3) is 4.18. The van der Waals surface area contributed by atoms with Crippen LogP contribution in [0.25, 0.3) is 0 Å². The van der Waals surface area contributed by atoms with Crippen LogP contribution in [-0.4, -0.2) is 22.2 Å². The minimum absolute atomic E-state index is 0.0645. The number of hydrazone groups is 1. The van der Waals surface area contributed by atoms with Crippen LogP contribution in [0.5, 0.6) is 5.75 Å². The normalized spacial score (nSPS) is 10.7. The summed E-state index contributed by atoms with van der Waals surface area (Å²) >= 11 is 11.5. The molecule has 9 heteroatoms. The van der Waals surface area contributed by atoms with E-state index in [-0.39, 0.29) is 21.3 Å². The minimum Gasteiger partial charge on any atom is -0.506 e. The van der Waals surface area contributed by atoms with E-state index in [0.717, 1.165) is 0 Å². The smallest absolute Gasteiger partial charge is 0.275 e. The molecule has 0 spiro atoms. The Bertz CT molecular complexity index is 809. The van der Waals surface area contributed by atoms with Crippen LogP contribution in [0.15, 0.2) is 41.5 Å². The third-order valence-corrected chi connectivity index (χ3v) is 3.24. The maximum atomic E-state index is 11.9. The molecule has 1 amide bonds. The maximum absolute atomic E-state index is 11.9. The first-order chi connectivity index (χ1) is 10.9. The number of hydrogen-bond acceptors (Lipinski definition) is 5. The van der Waals surface area contributed by atoms with Gasteiger partial charge in [-0.1, -0.05) is 35.3 Å². The average Bonchev–Trinajstić information content (AvgIpc) is 2.51. The quantitative estimate of drug-likeness (QED) is 0.499. The van der Waals surface area contributed by atoms with Gasteiger partial charge in [0.05, 0.1) is 21.7 Å². The number of non-ortho nitro benzene ring substituents is 1. The van der Waals surface area contributed by atoms with Crippen molar-refractivity contribution in [3.05, 3.63) is 67.7 Å². The van der Waals surface area contributed by atoms with E-state index in [4.69, 9.17) is 23.2 Å². The van der Waals surface area contributed by atoms with Crippen LogP contribution >= 0.6 is 23.2 Å². The van der Waals surface area contributed by atoms with Crippen molar-refractivity contribution < 1.29 is 14.8 Å². The van der Waals surface area contributed by atoms with E-state index in [1.54, 1.807) is 6.07 Å². The van der Waals surface area contributed by atoms with Gasteiger partial charge in [0.25, 0.3) is 11.6 Å². The van der Waals surface area contributed by atoms with Gasteiger partial charge >= 0.3 is 0 Å². The second-order valence-electron chi connectivity index (χ2n) is 4.34. The summed E-state index contributed by atoms with van der Waals surface area (Å²) in [4.78, 5) is 22.0. The Morgan fingerprint density at radius 2 is 2.04 bits per heavy atom. The van der Waals surface area contributed by atoms with Crippen molar-refractivity contribution >= 4 is 41.0 Å². The van der Waals surface area contributed by atoms with Crippen LogP contribution in [0.4, 0.5) is 5.69 Å². The topological polar surface area (TPSA) is 105 Å². The summed E-state index contributed by atoms with van der Waals surface area (Å²) in [5, 5.41) is 24.2. The van der Waals surface area contributed by atoms with Crippen molar-refractivity contribution in [2.24, 2.45) is 5.10 Å². The van der Waals surface area contributed by atoms with Gasteiger partial charge in [0.2, 0.25) is 0 Å². The lowest BCUT2D eigenvalue weighted by atomic mass is 10.2. The van der Waals surface area contributed by atoms with Gasteiger partial charge in [-0.05, 0) is 12.1 Å². The highest BCUT2D eigenvalue weighted by Crippen LogP contribution is 2.30. The number of nitrogens with zero attached hydrogens (tertiary/aromatic N) is 2. The number of carbonyl (C=O) groups is 1. The Labute approximate surface area is 140 Å². The van der Waals surface area contributed by atoms with Crippen LogP contribution in [0.2, 0.25) is 10.0 Å². The first kappa shape index (κ1) is 16.7. The molecule has 2 rings (SSSR count). The SMILES string of the molecule is O=C(N/N=C/c1cccc([N+](=O)[O-])c1)c1cc(Cl)cc(Cl)c1O. The fourth-order valence-electron chi connectivity index (χ4n) is 1.68. The molecular formula is C14H9Cl2N3O4. The molecular weight excluding hydrogens is 345 g/mol. The average molecular weight is 354 g/mol. The molecule has 0 bridgehead atoms. The number of nitrogens with one attached hydrogen (secondary N) is 1. The van der Waals surface area contributed by atoms with Gasteiger partial charge in [0.1, 0.15) is 5.75 Å². The number of nitro groups is 1. The number of carbonyl (C=O) groups excluding carboxylic acids is 1. The van der Waals surface area contributed by atoms with E-state index in [1.165, 1.54) is 36.5 Å². The van der Waals surface area contributed by atoms with Gasteiger partial charge < -0.3 is 5.11 Å². The minimum atomic E-state index is -0.728. The number of amides is 1. The number of aromatic hydroxyl groups is 1. The van der Waals surface area contributed by atoms with E-state index in [1.807, 2.05) is 0 Å². The number of rotatable bonds is 4. The number of hydrogen-bond donors (Lipinski definition) is 2. The third-order valence-electron chi connectivity index (χ3n) is 2.73. The summed E-state index contributed by atoms with van der Waals surface area (Å²) < 4.78 is 0. The lowest BCUT2D eigenvalue weighted by molar-refractivity contribution is -0.384.